The van der Waals surface area contributed by atoms with E-state index in [9.17, 15) is 4.79 Å². The minimum absolute atomic E-state index is 0.000157. The van der Waals surface area contributed by atoms with Crippen LogP contribution in [-0.4, -0.2) is 28.1 Å². The molecule has 0 bridgehead atoms. The van der Waals surface area contributed by atoms with Crippen molar-refractivity contribution in [2.45, 2.75) is 6.88 Å². The van der Waals surface area contributed by atoms with E-state index in [1.165, 1.54) is 0 Å². The van der Waals surface area contributed by atoms with Crippen LogP contribution in [-0.2, 0) is 0 Å². The van der Waals surface area contributed by atoms with Gasteiger partial charge in [-0.1, -0.05) is 11.6 Å². The highest BCUT2D eigenvalue weighted by Crippen LogP contribution is 2.30. The molecule has 0 saturated carbocycles. The first-order chi connectivity index (χ1) is 9.60. The van der Waals surface area contributed by atoms with Crippen LogP contribution in [0.25, 0.3) is 11.0 Å². The first-order valence-corrected chi connectivity index (χ1v) is 4.47. The Labute approximate surface area is 103 Å². The zero-order valence-corrected chi connectivity index (χ0v) is 8.50. The third kappa shape index (κ3) is 1.49. The SMILES string of the molecule is [2H]C([2H])c1[nH]c2nc(C(=O)O)c(OC([2H])([2H])[2H])cc2c1Cl. The fourth-order valence-corrected chi connectivity index (χ4v) is 1.51. The summed E-state index contributed by atoms with van der Waals surface area (Å²) < 4.78 is 40.3. The molecule has 0 radical (unpaired) electrons. The van der Waals surface area contributed by atoms with E-state index in [1.54, 1.807) is 0 Å². The standard InChI is InChI=1S/C10H9ClN2O3/c1-4-7(11)5-3-6(16-2)8(10(14)15)13-9(5)12-4/h3H,1-2H3,(H,12,13)(H,14,15)/i1D2,2D3. The smallest absolute Gasteiger partial charge is 0.358 e. The lowest BCUT2D eigenvalue weighted by Gasteiger charge is -2.03. The van der Waals surface area contributed by atoms with E-state index in [0.29, 0.717) is 0 Å². The molecule has 0 aromatic carbocycles. The number of aromatic amines is 1. The zero-order chi connectivity index (χ0) is 15.9. The third-order valence-electron chi connectivity index (χ3n) is 2.03. The van der Waals surface area contributed by atoms with Crippen molar-refractivity contribution in [3.63, 3.8) is 0 Å². The molecule has 2 aromatic heterocycles. The van der Waals surface area contributed by atoms with E-state index in [1.807, 2.05) is 0 Å². The molecule has 2 rings (SSSR count). The van der Waals surface area contributed by atoms with Gasteiger partial charge >= 0.3 is 5.97 Å². The molecule has 5 nitrogen and oxygen atoms in total. The largest absolute Gasteiger partial charge is 0.494 e. The lowest BCUT2D eigenvalue weighted by molar-refractivity contribution is 0.0687. The van der Waals surface area contributed by atoms with Crippen molar-refractivity contribution < 1.29 is 21.5 Å². The molecule has 0 spiro atoms. The van der Waals surface area contributed by atoms with Gasteiger partial charge in [0.2, 0.25) is 0 Å². The number of pyridine rings is 1. The van der Waals surface area contributed by atoms with Crippen LogP contribution in [0.2, 0.25) is 5.02 Å². The number of fused-ring (bicyclic) bond motifs is 1. The molecule has 6 heteroatoms. The topological polar surface area (TPSA) is 75.2 Å². The summed E-state index contributed by atoms with van der Waals surface area (Å²) in [6.07, 6.45) is 0. The number of nitrogens with one attached hydrogen (secondary N) is 1. The van der Waals surface area contributed by atoms with Crippen molar-refractivity contribution in [1.29, 1.82) is 0 Å². The van der Waals surface area contributed by atoms with Crippen molar-refractivity contribution in [2.24, 2.45) is 0 Å². The van der Waals surface area contributed by atoms with Crippen molar-refractivity contribution in [3.05, 3.63) is 22.5 Å². The highest BCUT2D eigenvalue weighted by atomic mass is 35.5. The number of carbonyl (C=O) groups is 1. The van der Waals surface area contributed by atoms with Crippen molar-refractivity contribution in [3.8, 4) is 5.75 Å². The van der Waals surface area contributed by atoms with Gasteiger partial charge in [-0.25, -0.2) is 9.78 Å². The monoisotopic (exact) mass is 245 g/mol. The van der Waals surface area contributed by atoms with Gasteiger partial charge in [-0.2, -0.15) is 0 Å². The van der Waals surface area contributed by atoms with E-state index >= 15 is 0 Å². The number of carboxylic acids is 1. The van der Waals surface area contributed by atoms with Crippen LogP contribution in [0.1, 0.15) is 23.0 Å². The van der Waals surface area contributed by atoms with Crippen molar-refractivity contribution >= 4 is 28.6 Å². The van der Waals surface area contributed by atoms with Gasteiger partial charge in [0.15, 0.2) is 11.4 Å². The number of ether oxygens (including phenoxy) is 1. The number of aromatic carboxylic acids is 1. The van der Waals surface area contributed by atoms with Gasteiger partial charge in [0.1, 0.15) is 5.65 Å². The number of aryl methyl sites for hydroxylation is 1. The maximum atomic E-state index is 11.1. The molecule has 0 fully saturated rings. The summed E-state index contributed by atoms with van der Waals surface area (Å²) in [5.41, 5.74) is -0.536. The van der Waals surface area contributed by atoms with Crippen LogP contribution in [0.4, 0.5) is 0 Å². The lowest BCUT2D eigenvalue weighted by atomic mass is 10.2. The number of aromatic nitrogens is 2. The molecule has 0 aliphatic rings. The minimum Gasteiger partial charge on any atom is -0.494 e. The zero-order valence-electron chi connectivity index (χ0n) is 12.7. The van der Waals surface area contributed by atoms with Gasteiger partial charge in [-0.05, 0) is 12.9 Å². The summed E-state index contributed by atoms with van der Waals surface area (Å²) in [4.78, 5) is 17.4. The number of H-pyrrole nitrogens is 1. The van der Waals surface area contributed by atoms with Crippen molar-refractivity contribution in [2.75, 3.05) is 7.04 Å². The molecule has 0 saturated heterocycles. The Hall–Kier alpha value is -1.75. The van der Waals surface area contributed by atoms with Crippen LogP contribution in [0.3, 0.4) is 0 Å². The van der Waals surface area contributed by atoms with Gasteiger partial charge in [0.05, 0.1) is 16.2 Å². The molecule has 0 atom stereocenters. The summed E-state index contributed by atoms with van der Waals surface area (Å²) in [7, 11) is -2.85. The maximum absolute atomic E-state index is 11.1. The van der Waals surface area contributed by atoms with Crippen LogP contribution < -0.4 is 4.74 Å². The van der Waals surface area contributed by atoms with E-state index in [0.717, 1.165) is 6.07 Å². The number of rotatable bonds is 2. The number of hydrogen-bond acceptors (Lipinski definition) is 3. The molecular formula is C10H9ClN2O3. The molecule has 0 amide bonds. The van der Waals surface area contributed by atoms with Crippen LogP contribution in [0.5, 0.6) is 5.75 Å². The third-order valence-corrected chi connectivity index (χ3v) is 2.43. The molecule has 2 aromatic rings. The molecular weight excluding hydrogens is 232 g/mol. The van der Waals surface area contributed by atoms with Gasteiger partial charge in [0, 0.05) is 13.8 Å². The summed E-state index contributed by atoms with van der Waals surface area (Å²) in [6, 6.07) is 1.11. The van der Waals surface area contributed by atoms with Crippen LogP contribution in [0.15, 0.2) is 6.07 Å². The van der Waals surface area contributed by atoms with Gasteiger partial charge in [0.25, 0.3) is 0 Å². The molecule has 2 heterocycles. The maximum Gasteiger partial charge on any atom is 0.358 e. The fraction of sp³-hybridized carbons (Fsp3) is 0.200. The fourth-order valence-electron chi connectivity index (χ4n) is 1.32. The van der Waals surface area contributed by atoms with Crippen LogP contribution >= 0.6 is 11.6 Å². The Morgan fingerprint density at radius 2 is 2.56 bits per heavy atom. The Kier molecular flexibility index (Phi) is 1.40. The Balaban J connectivity index is 2.69. The quantitative estimate of drug-likeness (QED) is 0.851. The summed E-state index contributed by atoms with van der Waals surface area (Å²) in [5, 5.41) is 9.24. The lowest BCUT2D eigenvalue weighted by Crippen LogP contribution is -2.03. The number of hydrogen-bond donors (Lipinski definition) is 2. The van der Waals surface area contributed by atoms with Gasteiger partial charge in [-0.15, -0.1) is 0 Å². The summed E-state index contributed by atoms with van der Waals surface area (Å²) in [5.74, 6) is -1.94. The Morgan fingerprint density at radius 3 is 3.19 bits per heavy atom. The van der Waals surface area contributed by atoms with Gasteiger partial charge in [-0.3, -0.25) is 0 Å². The van der Waals surface area contributed by atoms with Gasteiger partial charge < -0.3 is 14.8 Å². The molecule has 16 heavy (non-hydrogen) atoms. The molecule has 0 aliphatic carbocycles. The second-order valence-corrected chi connectivity index (χ2v) is 3.37. The molecule has 2 N–H and O–H groups in total. The normalized spacial score (nSPS) is 16.2. The Morgan fingerprint density at radius 1 is 1.75 bits per heavy atom. The average molecular weight is 246 g/mol. The molecule has 84 valence electrons. The molecule has 0 aliphatic heterocycles. The first-order valence-electron chi connectivity index (χ1n) is 6.74. The number of methoxy groups -OCH3 is 1. The minimum atomic E-state index is -2.85. The van der Waals surface area contributed by atoms with E-state index < -0.39 is 31.3 Å². The Bertz CT molecular complexity index is 713. The summed E-state index contributed by atoms with van der Waals surface area (Å²) >= 11 is 5.97. The van der Waals surface area contributed by atoms with E-state index in [2.05, 4.69) is 14.7 Å². The number of nitrogens with zero attached hydrogens (tertiary/aromatic N) is 1. The number of carboxylic acid groups (broad SMARTS) is 1. The molecule has 0 unspecified atom stereocenters. The number of halogens is 1. The highest BCUT2D eigenvalue weighted by Gasteiger charge is 2.17. The van der Waals surface area contributed by atoms with E-state index in [-0.39, 0.29) is 21.7 Å². The predicted octanol–water partition coefficient (Wildman–Crippen LogP) is 2.23. The second-order valence-electron chi connectivity index (χ2n) is 2.99. The van der Waals surface area contributed by atoms with Crippen molar-refractivity contribution in [1.82, 2.24) is 9.97 Å². The van der Waals surface area contributed by atoms with Crippen LogP contribution in [0, 0.1) is 6.88 Å². The summed E-state index contributed by atoms with van der Waals surface area (Å²) in [6.45, 7) is -1.42. The predicted molar refractivity (Wildman–Crippen MR) is 59.4 cm³/mol. The first kappa shape index (κ1) is 6.10. The second kappa shape index (κ2) is 3.68. The average Bonchev–Trinajstić information content (AvgIpc) is 2.63. The highest BCUT2D eigenvalue weighted by molar-refractivity contribution is 6.36. The van der Waals surface area contributed by atoms with E-state index in [4.69, 9.17) is 23.6 Å².